The molecule has 2 amide bonds. The van der Waals surface area contributed by atoms with Crippen LogP contribution in [0.1, 0.15) is 13.3 Å². The van der Waals surface area contributed by atoms with Gasteiger partial charge in [-0.25, -0.2) is 8.42 Å². The predicted octanol–water partition coefficient (Wildman–Crippen LogP) is 2.24. The molecule has 1 atom stereocenters. The number of rotatable bonds is 5. The summed E-state index contributed by atoms with van der Waals surface area (Å²) in [6.07, 6.45) is -0.202. The number of benzene rings is 2. The molecule has 2 aromatic carbocycles. The third-order valence-electron chi connectivity index (χ3n) is 4.74. The molecule has 0 fully saturated rings. The van der Waals surface area contributed by atoms with E-state index in [0.29, 0.717) is 17.2 Å². The summed E-state index contributed by atoms with van der Waals surface area (Å²) >= 11 is 0. The lowest BCUT2D eigenvalue weighted by Crippen LogP contribution is -2.38. The van der Waals surface area contributed by atoms with Crippen LogP contribution in [0.4, 0.5) is 11.4 Å². The molecule has 0 bridgehead atoms. The molecule has 0 radical (unpaired) electrons. The van der Waals surface area contributed by atoms with Crippen molar-refractivity contribution in [2.45, 2.75) is 23.5 Å². The number of para-hydroxylation sites is 1. The standard InChI is InChI=1S/C20H22N2O6S/c1-13-10-20(24)22(16-6-4-5-7-18(16)29(13,25)26)12-19(23)21-15-11-14(27-2)8-9-17(15)28-3/h4-9,11,13H,10,12H2,1-3H3,(H,21,23). The first-order valence-electron chi connectivity index (χ1n) is 8.93. The molecule has 0 saturated carbocycles. The Labute approximate surface area is 169 Å². The highest BCUT2D eigenvalue weighted by atomic mass is 32.2. The van der Waals surface area contributed by atoms with Crippen LogP contribution in [0.2, 0.25) is 0 Å². The molecular weight excluding hydrogens is 396 g/mol. The predicted molar refractivity (Wildman–Crippen MR) is 108 cm³/mol. The van der Waals surface area contributed by atoms with Gasteiger partial charge in [-0.3, -0.25) is 9.59 Å². The highest BCUT2D eigenvalue weighted by Crippen LogP contribution is 2.33. The molecule has 3 rings (SSSR count). The zero-order valence-electron chi connectivity index (χ0n) is 16.3. The van der Waals surface area contributed by atoms with Gasteiger partial charge in [0.15, 0.2) is 9.84 Å². The van der Waals surface area contributed by atoms with E-state index < -0.39 is 26.9 Å². The Balaban J connectivity index is 1.91. The van der Waals surface area contributed by atoms with Gasteiger partial charge in [-0.1, -0.05) is 12.1 Å². The van der Waals surface area contributed by atoms with E-state index >= 15 is 0 Å². The lowest BCUT2D eigenvalue weighted by molar-refractivity contribution is -0.121. The number of hydrogen-bond donors (Lipinski definition) is 1. The molecule has 1 unspecified atom stereocenters. The van der Waals surface area contributed by atoms with Crippen molar-refractivity contribution >= 4 is 33.0 Å². The minimum absolute atomic E-state index is 0.0464. The molecule has 1 aliphatic rings. The van der Waals surface area contributed by atoms with Crippen LogP contribution in [0.3, 0.4) is 0 Å². The maximum absolute atomic E-state index is 12.7. The van der Waals surface area contributed by atoms with E-state index in [1.807, 2.05) is 0 Å². The average molecular weight is 418 g/mol. The second-order valence-corrected chi connectivity index (χ2v) is 8.96. The lowest BCUT2D eigenvalue weighted by Gasteiger charge is -2.22. The van der Waals surface area contributed by atoms with Crippen molar-refractivity contribution in [2.24, 2.45) is 0 Å². The molecule has 0 aliphatic carbocycles. The summed E-state index contributed by atoms with van der Waals surface area (Å²) < 4.78 is 35.9. The molecule has 2 aromatic rings. The van der Waals surface area contributed by atoms with Gasteiger partial charge in [0.05, 0.1) is 35.7 Å². The van der Waals surface area contributed by atoms with Gasteiger partial charge in [-0.15, -0.1) is 0 Å². The van der Waals surface area contributed by atoms with E-state index in [-0.39, 0.29) is 23.5 Å². The molecule has 1 N–H and O–H groups in total. The summed E-state index contributed by atoms with van der Waals surface area (Å²) in [4.78, 5) is 26.7. The lowest BCUT2D eigenvalue weighted by atomic mass is 10.2. The van der Waals surface area contributed by atoms with Gasteiger partial charge in [0.1, 0.15) is 18.0 Å². The quantitative estimate of drug-likeness (QED) is 0.799. The van der Waals surface area contributed by atoms with Crippen LogP contribution < -0.4 is 19.7 Å². The summed E-state index contributed by atoms with van der Waals surface area (Å²) in [6, 6.07) is 11.1. The first-order chi connectivity index (χ1) is 13.8. The third kappa shape index (κ3) is 4.04. The van der Waals surface area contributed by atoms with Gasteiger partial charge in [0, 0.05) is 12.5 Å². The van der Waals surface area contributed by atoms with E-state index in [1.165, 1.54) is 38.2 Å². The topological polar surface area (TPSA) is 102 Å². The SMILES string of the molecule is COc1ccc(OC)c(NC(=O)CN2C(=O)CC(C)S(=O)(=O)c3ccccc32)c1. The maximum Gasteiger partial charge on any atom is 0.244 e. The number of sulfone groups is 1. The minimum atomic E-state index is -3.67. The van der Waals surface area contributed by atoms with Crippen molar-refractivity contribution < 1.29 is 27.5 Å². The van der Waals surface area contributed by atoms with Gasteiger partial charge in [0.25, 0.3) is 0 Å². The van der Waals surface area contributed by atoms with Gasteiger partial charge in [-0.2, -0.15) is 0 Å². The molecule has 0 saturated heterocycles. The van der Waals surface area contributed by atoms with Gasteiger partial charge in [0.2, 0.25) is 11.8 Å². The molecule has 29 heavy (non-hydrogen) atoms. The molecule has 9 heteroatoms. The fraction of sp³-hybridized carbons (Fsp3) is 0.300. The Morgan fingerprint density at radius 3 is 2.59 bits per heavy atom. The summed E-state index contributed by atoms with van der Waals surface area (Å²) in [7, 11) is -0.696. The normalized spacial score (nSPS) is 17.8. The Hall–Kier alpha value is -3.07. The van der Waals surface area contributed by atoms with Crippen molar-refractivity contribution in [3.8, 4) is 11.5 Å². The van der Waals surface area contributed by atoms with E-state index in [0.717, 1.165) is 0 Å². The number of fused-ring (bicyclic) bond motifs is 1. The minimum Gasteiger partial charge on any atom is -0.497 e. The maximum atomic E-state index is 12.7. The number of amides is 2. The summed E-state index contributed by atoms with van der Waals surface area (Å²) in [6.45, 7) is 1.16. The molecule has 0 spiro atoms. The second kappa shape index (κ2) is 8.12. The summed E-state index contributed by atoms with van der Waals surface area (Å²) in [5.41, 5.74) is 0.586. The number of hydrogen-bond acceptors (Lipinski definition) is 6. The Morgan fingerprint density at radius 1 is 1.17 bits per heavy atom. The van der Waals surface area contributed by atoms with Crippen LogP contribution in [-0.2, 0) is 19.4 Å². The van der Waals surface area contributed by atoms with Crippen LogP contribution in [0.25, 0.3) is 0 Å². The third-order valence-corrected chi connectivity index (χ3v) is 6.92. The van der Waals surface area contributed by atoms with Crippen molar-refractivity contribution in [3.63, 3.8) is 0 Å². The van der Waals surface area contributed by atoms with Crippen molar-refractivity contribution in [3.05, 3.63) is 42.5 Å². The van der Waals surface area contributed by atoms with Gasteiger partial charge in [-0.05, 0) is 31.2 Å². The molecule has 8 nitrogen and oxygen atoms in total. The van der Waals surface area contributed by atoms with Crippen molar-refractivity contribution in [1.82, 2.24) is 0 Å². The van der Waals surface area contributed by atoms with E-state index in [9.17, 15) is 18.0 Å². The zero-order chi connectivity index (χ0) is 21.2. The number of carbonyl (C=O) groups is 2. The van der Waals surface area contributed by atoms with E-state index in [2.05, 4.69) is 5.32 Å². The Kier molecular flexibility index (Phi) is 5.78. The number of nitrogens with zero attached hydrogens (tertiary/aromatic N) is 1. The highest BCUT2D eigenvalue weighted by molar-refractivity contribution is 7.92. The molecular formula is C20H22N2O6S. The first kappa shape index (κ1) is 20.7. The number of nitrogens with one attached hydrogen (secondary N) is 1. The fourth-order valence-corrected chi connectivity index (χ4v) is 4.69. The van der Waals surface area contributed by atoms with Gasteiger partial charge < -0.3 is 19.7 Å². The first-order valence-corrected chi connectivity index (χ1v) is 10.5. The summed E-state index contributed by atoms with van der Waals surface area (Å²) in [5.74, 6) is 0.0283. The highest BCUT2D eigenvalue weighted by Gasteiger charge is 2.36. The van der Waals surface area contributed by atoms with Crippen LogP contribution in [0.15, 0.2) is 47.4 Å². The number of anilines is 2. The molecule has 0 aromatic heterocycles. The van der Waals surface area contributed by atoms with Crippen LogP contribution in [0, 0.1) is 0 Å². The largest absolute Gasteiger partial charge is 0.497 e. The van der Waals surface area contributed by atoms with Crippen molar-refractivity contribution in [1.29, 1.82) is 0 Å². The summed E-state index contributed by atoms with van der Waals surface area (Å²) in [5, 5.41) is 1.83. The van der Waals surface area contributed by atoms with E-state index in [4.69, 9.17) is 9.47 Å². The number of methoxy groups -OCH3 is 2. The molecule has 1 heterocycles. The fourth-order valence-electron chi connectivity index (χ4n) is 3.16. The smallest absolute Gasteiger partial charge is 0.244 e. The molecule has 154 valence electrons. The second-order valence-electron chi connectivity index (χ2n) is 6.62. The van der Waals surface area contributed by atoms with Crippen LogP contribution >= 0.6 is 0 Å². The Morgan fingerprint density at radius 2 is 1.90 bits per heavy atom. The number of ether oxygens (including phenoxy) is 2. The zero-order valence-corrected chi connectivity index (χ0v) is 17.2. The van der Waals surface area contributed by atoms with Crippen LogP contribution in [-0.4, -0.2) is 46.2 Å². The van der Waals surface area contributed by atoms with Crippen LogP contribution in [0.5, 0.6) is 11.5 Å². The molecule has 1 aliphatic heterocycles. The average Bonchev–Trinajstić information content (AvgIpc) is 2.77. The van der Waals surface area contributed by atoms with E-state index in [1.54, 1.807) is 30.3 Å². The Bertz CT molecular complexity index is 1050. The monoisotopic (exact) mass is 418 g/mol. The number of carbonyl (C=O) groups excluding carboxylic acids is 2. The van der Waals surface area contributed by atoms with Gasteiger partial charge >= 0.3 is 0 Å². The van der Waals surface area contributed by atoms with Crippen molar-refractivity contribution in [2.75, 3.05) is 31.0 Å².